The summed E-state index contributed by atoms with van der Waals surface area (Å²) >= 11 is 7.02. The fourth-order valence-electron chi connectivity index (χ4n) is 2.04. The van der Waals surface area contributed by atoms with E-state index >= 15 is 0 Å². The summed E-state index contributed by atoms with van der Waals surface area (Å²) in [6.07, 6.45) is 2.51. The smallest absolute Gasteiger partial charge is 0.135 e. The molecular formula is C12H15Br2NO. The summed E-state index contributed by atoms with van der Waals surface area (Å²) in [5.41, 5.74) is 1.11. The Labute approximate surface area is 113 Å². The van der Waals surface area contributed by atoms with Crippen molar-refractivity contribution in [2.75, 3.05) is 12.4 Å². The minimum absolute atomic E-state index is 0.609. The van der Waals surface area contributed by atoms with E-state index in [0.29, 0.717) is 6.04 Å². The third-order valence-corrected chi connectivity index (χ3v) is 4.25. The minimum atomic E-state index is 0.609. The van der Waals surface area contributed by atoms with Gasteiger partial charge in [-0.15, -0.1) is 0 Å². The van der Waals surface area contributed by atoms with Gasteiger partial charge in [-0.1, -0.05) is 6.92 Å². The monoisotopic (exact) mass is 347 g/mol. The standard InChI is InChI=1S/C12H15Br2NO/c1-7-3-8(4-7)15-11-6-12(16-2)10(14)5-9(11)13/h5-8,15H,3-4H2,1-2H3. The lowest BCUT2D eigenvalue weighted by Crippen LogP contribution is -2.33. The zero-order valence-electron chi connectivity index (χ0n) is 9.39. The van der Waals surface area contributed by atoms with Crippen LogP contribution in [0.1, 0.15) is 19.8 Å². The molecule has 1 fully saturated rings. The van der Waals surface area contributed by atoms with Crippen LogP contribution in [0.4, 0.5) is 5.69 Å². The zero-order chi connectivity index (χ0) is 11.7. The van der Waals surface area contributed by atoms with E-state index in [0.717, 1.165) is 26.3 Å². The van der Waals surface area contributed by atoms with E-state index < -0.39 is 0 Å². The fourth-order valence-corrected chi connectivity index (χ4v) is 3.31. The van der Waals surface area contributed by atoms with Gasteiger partial charge in [0.2, 0.25) is 0 Å². The van der Waals surface area contributed by atoms with Crippen molar-refractivity contribution in [1.29, 1.82) is 0 Å². The van der Waals surface area contributed by atoms with Gasteiger partial charge in [-0.2, -0.15) is 0 Å². The summed E-state index contributed by atoms with van der Waals surface area (Å²) in [5, 5.41) is 3.53. The number of halogens is 2. The van der Waals surface area contributed by atoms with Crippen LogP contribution >= 0.6 is 31.9 Å². The normalized spacial score (nSPS) is 23.8. The van der Waals surface area contributed by atoms with E-state index in [-0.39, 0.29) is 0 Å². The van der Waals surface area contributed by atoms with Crippen molar-refractivity contribution in [3.8, 4) is 5.75 Å². The Morgan fingerprint density at radius 1 is 1.25 bits per heavy atom. The second-order valence-electron chi connectivity index (χ2n) is 4.38. The summed E-state index contributed by atoms with van der Waals surface area (Å²) in [5.74, 6) is 1.71. The highest BCUT2D eigenvalue weighted by atomic mass is 79.9. The lowest BCUT2D eigenvalue weighted by Gasteiger charge is -2.34. The molecule has 1 aliphatic carbocycles. The van der Waals surface area contributed by atoms with Gasteiger partial charge in [-0.3, -0.25) is 0 Å². The molecule has 0 atom stereocenters. The van der Waals surface area contributed by atoms with Crippen molar-refractivity contribution in [3.05, 3.63) is 21.1 Å². The van der Waals surface area contributed by atoms with E-state index in [1.54, 1.807) is 7.11 Å². The van der Waals surface area contributed by atoms with E-state index in [1.807, 2.05) is 12.1 Å². The molecule has 1 saturated carbocycles. The second kappa shape index (κ2) is 4.96. The molecule has 0 radical (unpaired) electrons. The average Bonchev–Trinajstić information content (AvgIpc) is 2.19. The molecular weight excluding hydrogens is 334 g/mol. The molecule has 0 spiro atoms. The molecule has 1 aromatic carbocycles. The van der Waals surface area contributed by atoms with E-state index in [1.165, 1.54) is 12.8 Å². The Kier molecular flexibility index (Phi) is 3.80. The largest absolute Gasteiger partial charge is 0.495 e. The Hall–Kier alpha value is -0.220. The highest BCUT2D eigenvalue weighted by molar-refractivity contribution is 9.11. The van der Waals surface area contributed by atoms with E-state index in [2.05, 4.69) is 44.1 Å². The Bertz CT molecular complexity index is 389. The molecule has 0 aliphatic heterocycles. The van der Waals surface area contributed by atoms with Crippen LogP contribution < -0.4 is 10.1 Å². The first-order valence-electron chi connectivity index (χ1n) is 5.39. The van der Waals surface area contributed by atoms with Gasteiger partial charge in [0.1, 0.15) is 5.75 Å². The molecule has 88 valence electrons. The molecule has 4 heteroatoms. The molecule has 1 N–H and O–H groups in total. The van der Waals surface area contributed by atoms with E-state index in [9.17, 15) is 0 Å². The van der Waals surface area contributed by atoms with E-state index in [4.69, 9.17) is 4.74 Å². The predicted octanol–water partition coefficient (Wildman–Crippen LogP) is 4.43. The molecule has 16 heavy (non-hydrogen) atoms. The SMILES string of the molecule is COc1cc(NC2CC(C)C2)c(Br)cc1Br. The van der Waals surface area contributed by atoms with Crippen molar-refractivity contribution in [1.82, 2.24) is 0 Å². The first-order chi connectivity index (χ1) is 7.60. The Balaban J connectivity index is 2.13. The maximum Gasteiger partial charge on any atom is 0.135 e. The minimum Gasteiger partial charge on any atom is -0.495 e. The fraction of sp³-hybridized carbons (Fsp3) is 0.500. The van der Waals surface area contributed by atoms with Gasteiger partial charge in [-0.25, -0.2) is 0 Å². The third-order valence-electron chi connectivity index (χ3n) is 2.97. The maximum atomic E-state index is 5.29. The summed E-state index contributed by atoms with van der Waals surface area (Å²) in [4.78, 5) is 0. The highest BCUT2D eigenvalue weighted by Crippen LogP contribution is 2.37. The highest BCUT2D eigenvalue weighted by Gasteiger charge is 2.25. The van der Waals surface area contributed by atoms with Gasteiger partial charge in [0, 0.05) is 16.6 Å². The molecule has 1 aliphatic rings. The van der Waals surface area contributed by atoms with Crippen LogP contribution in [0, 0.1) is 5.92 Å². The summed E-state index contributed by atoms with van der Waals surface area (Å²) < 4.78 is 7.32. The number of nitrogens with one attached hydrogen (secondary N) is 1. The number of anilines is 1. The average molecular weight is 349 g/mol. The van der Waals surface area contributed by atoms with Crippen molar-refractivity contribution in [2.45, 2.75) is 25.8 Å². The van der Waals surface area contributed by atoms with Crippen LogP contribution in [0.25, 0.3) is 0 Å². The number of ether oxygens (including phenoxy) is 1. The number of benzene rings is 1. The number of hydrogen-bond donors (Lipinski definition) is 1. The molecule has 0 aromatic heterocycles. The molecule has 1 aromatic rings. The van der Waals surface area contributed by atoms with Gasteiger partial charge in [0.05, 0.1) is 17.3 Å². The van der Waals surface area contributed by atoms with Crippen molar-refractivity contribution in [3.63, 3.8) is 0 Å². The van der Waals surface area contributed by atoms with Crippen molar-refractivity contribution < 1.29 is 4.74 Å². The molecule has 2 rings (SSSR count). The quantitative estimate of drug-likeness (QED) is 0.872. The van der Waals surface area contributed by atoms with Crippen LogP contribution in [-0.4, -0.2) is 13.2 Å². The maximum absolute atomic E-state index is 5.29. The van der Waals surface area contributed by atoms with Gasteiger partial charge < -0.3 is 10.1 Å². The Morgan fingerprint density at radius 2 is 1.94 bits per heavy atom. The van der Waals surface area contributed by atoms with Crippen LogP contribution in [0.15, 0.2) is 21.1 Å². The number of hydrogen-bond acceptors (Lipinski definition) is 2. The van der Waals surface area contributed by atoms with Crippen LogP contribution in [-0.2, 0) is 0 Å². The third kappa shape index (κ3) is 2.54. The molecule has 0 unspecified atom stereocenters. The Morgan fingerprint density at radius 3 is 2.50 bits per heavy atom. The summed E-state index contributed by atoms with van der Waals surface area (Å²) in [6, 6.07) is 4.65. The van der Waals surface area contributed by atoms with Gasteiger partial charge in [0.15, 0.2) is 0 Å². The van der Waals surface area contributed by atoms with Gasteiger partial charge in [-0.05, 0) is 56.7 Å². The zero-order valence-corrected chi connectivity index (χ0v) is 12.6. The number of methoxy groups -OCH3 is 1. The molecule has 0 saturated heterocycles. The second-order valence-corrected chi connectivity index (χ2v) is 6.09. The molecule has 0 heterocycles. The topological polar surface area (TPSA) is 21.3 Å². The molecule has 2 nitrogen and oxygen atoms in total. The van der Waals surface area contributed by atoms with Gasteiger partial charge in [0.25, 0.3) is 0 Å². The first kappa shape index (κ1) is 12.2. The van der Waals surface area contributed by atoms with Gasteiger partial charge >= 0.3 is 0 Å². The first-order valence-corrected chi connectivity index (χ1v) is 6.98. The van der Waals surface area contributed by atoms with Crippen molar-refractivity contribution in [2.24, 2.45) is 5.92 Å². The van der Waals surface area contributed by atoms with Crippen molar-refractivity contribution >= 4 is 37.5 Å². The van der Waals surface area contributed by atoms with Crippen LogP contribution in [0.2, 0.25) is 0 Å². The summed E-state index contributed by atoms with van der Waals surface area (Å²) in [6.45, 7) is 2.29. The predicted molar refractivity (Wildman–Crippen MR) is 74.2 cm³/mol. The van der Waals surface area contributed by atoms with Crippen LogP contribution in [0.3, 0.4) is 0 Å². The number of rotatable bonds is 3. The summed E-state index contributed by atoms with van der Waals surface area (Å²) in [7, 11) is 1.68. The molecule has 0 amide bonds. The lowest BCUT2D eigenvalue weighted by atomic mass is 9.82. The molecule has 0 bridgehead atoms. The van der Waals surface area contributed by atoms with Crippen LogP contribution in [0.5, 0.6) is 5.75 Å². The lowest BCUT2D eigenvalue weighted by molar-refractivity contribution is 0.309.